The number of amides is 1. The maximum absolute atomic E-state index is 12.1. The molecule has 6 nitrogen and oxygen atoms in total. The minimum Gasteiger partial charge on any atom is -0.387 e. The number of rotatable bonds is 3. The minimum absolute atomic E-state index is 0.288. The molecule has 6 heteroatoms. The number of carbonyl (C=O) groups excluding carboxylic acids is 1. The average Bonchev–Trinajstić information content (AvgIpc) is 2.41. The normalized spacial score (nSPS) is 10.0. The summed E-state index contributed by atoms with van der Waals surface area (Å²) in [6, 6.07) is 8.23. The zero-order valence-electron chi connectivity index (χ0n) is 10.7. The van der Waals surface area contributed by atoms with Gasteiger partial charge >= 0.3 is 0 Å². The van der Waals surface area contributed by atoms with Crippen LogP contribution in [0.15, 0.2) is 35.1 Å². The highest BCUT2D eigenvalue weighted by atomic mass is 16.2. The molecule has 0 unspecified atom stereocenters. The van der Waals surface area contributed by atoms with Crippen molar-refractivity contribution in [3.05, 3.63) is 51.8 Å². The molecule has 0 saturated carbocycles. The van der Waals surface area contributed by atoms with Crippen molar-refractivity contribution in [2.45, 2.75) is 6.92 Å². The Balaban J connectivity index is 2.24. The Hall–Kier alpha value is -2.63. The summed E-state index contributed by atoms with van der Waals surface area (Å²) in [5.41, 5.74) is 2.00. The predicted octanol–water partition coefficient (Wildman–Crippen LogP) is 1.37. The molecule has 98 valence electrons. The van der Waals surface area contributed by atoms with Crippen LogP contribution in [0.2, 0.25) is 0 Å². The molecule has 0 spiro atoms. The van der Waals surface area contributed by atoms with Crippen LogP contribution < -0.4 is 16.2 Å². The Labute approximate surface area is 109 Å². The summed E-state index contributed by atoms with van der Waals surface area (Å²) in [6.45, 7) is 1.95. The predicted molar refractivity (Wildman–Crippen MR) is 73.5 cm³/mol. The van der Waals surface area contributed by atoms with Crippen molar-refractivity contribution < 1.29 is 4.79 Å². The van der Waals surface area contributed by atoms with Gasteiger partial charge in [0.2, 0.25) is 0 Å². The highest BCUT2D eigenvalue weighted by Gasteiger charge is 2.11. The van der Waals surface area contributed by atoms with E-state index in [2.05, 4.69) is 20.8 Å². The lowest BCUT2D eigenvalue weighted by molar-refractivity contribution is 0.102. The van der Waals surface area contributed by atoms with Gasteiger partial charge in [-0.1, -0.05) is 6.07 Å². The van der Waals surface area contributed by atoms with Gasteiger partial charge in [-0.15, -0.1) is 0 Å². The molecule has 1 aromatic heterocycles. The van der Waals surface area contributed by atoms with Gasteiger partial charge in [0.25, 0.3) is 11.5 Å². The topological polar surface area (TPSA) is 86.9 Å². The van der Waals surface area contributed by atoms with Crippen LogP contribution >= 0.6 is 0 Å². The van der Waals surface area contributed by atoms with E-state index in [4.69, 9.17) is 0 Å². The van der Waals surface area contributed by atoms with Gasteiger partial charge in [0.1, 0.15) is 0 Å². The van der Waals surface area contributed by atoms with E-state index in [1.807, 2.05) is 19.1 Å². The number of aromatic amines is 1. The van der Waals surface area contributed by atoms with E-state index in [0.717, 1.165) is 11.3 Å². The number of aromatic nitrogens is 2. The number of anilines is 2. The fourth-order valence-electron chi connectivity index (χ4n) is 1.66. The highest BCUT2D eigenvalue weighted by molar-refractivity contribution is 6.07. The van der Waals surface area contributed by atoms with Crippen LogP contribution in [-0.4, -0.2) is 23.2 Å². The number of carbonyl (C=O) groups is 1. The van der Waals surface area contributed by atoms with Gasteiger partial charge in [-0.2, -0.15) is 5.10 Å². The Kier molecular flexibility index (Phi) is 3.61. The number of H-pyrrole nitrogens is 1. The van der Waals surface area contributed by atoms with E-state index in [1.54, 1.807) is 13.1 Å². The molecule has 0 aliphatic rings. The van der Waals surface area contributed by atoms with Gasteiger partial charge < -0.3 is 10.6 Å². The maximum Gasteiger partial charge on any atom is 0.264 e. The van der Waals surface area contributed by atoms with Crippen molar-refractivity contribution in [3.63, 3.8) is 0 Å². The van der Waals surface area contributed by atoms with E-state index in [9.17, 15) is 9.59 Å². The molecule has 1 heterocycles. The highest BCUT2D eigenvalue weighted by Crippen LogP contribution is 2.18. The molecular formula is C13H14N4O2. The third-order valence-electron chi connectivity index (χ3n) is 2.61. The standard InChI is InChI=1S/C13H14N4O2/c1-8-3-4-9(10(7-8)14-2)13(19)15-11-5-6-12(18)17-16-11/h3-7,14H,1-2H3,(H,17,18)(H,15,16,19). The molecule has 2 rings (SSSR count). The SMILES string of the molecule is CNc1cc(C)ccc1C(=O)Nc1ccc(=O)[nH]n1. The van der Waals surface area contributed by atoms with Gasteiger partial charge in [-0.3, -0.25) is 9.59 Å². The molecule has 1 amide bonds. The lowest BCUT2D eigenvalue weighted by atomic mass is 10.1. The van der Waals surface area contributed by atoms with Crippen LogP contribution in [0.25, 0.3) is 0 Å². The zero-order chi connectivity index (χ0) is 13.8. The molecule has 3 N–H and O–H groups in total. The summed E-state index contributed by atoms with van der Waals surface area (Å²) in [6.07, 6.45) is 0. The molecule has 1 aromatic carbocycles. The Bertz CT molecular complexity index is 643. The van der Waals surface area contributed by atoms with E-state index in [1.165, 1.54) is 12.1 Å². The molecule has 0 aliphatic carbocycles. The number of hydrogen-bond acceptors (Lipinski definition) is 4. The first-order valence-corrected chi connectivity index (χ1v) is 5.75. The molecule has 0 saturated heterocycles. The van der Waals surface area contributed by atoms with E-state index >= 15 is 0 Å². The smallest absolute Gasteiger partial charge is 0.264 e. The molecule has 0 aliphatic heterocycles. The van der Waals surface area contributed by atoms with E-state index in [-0.39, 0.29) is 11.5 Å². The molecule has 2 aromatic rings. The fourth-order valence-corrected chi connectivity index (χ4v) is 1.66. The third-order valence-corrected chi connectivity index (χ3v) is 2.61. The summed E-state index contributed by atoms with van der Waals surface area (Å²) >= 11 is 0. The van der Waals surface area contributed by atoms with Crippen LogP contribution in [0.3, 0.4) is 0 Å². The monoisotopic (exact) mass is 258 g/mol. The van der Waals surface area contributed by atoms with Crippen LogP contribution in [0, 0.1) is 6.92 Å². The number of hydrogen-bond donors (Lipinski definition) is 3. The van der Waals surface area contributed by atoms with Crippen molar-refractivity contribution in [2.75, 3.05) is 17.7 Å². The first-order chi connectivity index (χ1) is 9.10. The molecular weight excluding hydrogens is 244 g/mol. The lowest BCUT2D eigenvalue weighted by Crippen LogP contribution is -2.17. The van der Waals surface area contributed by atoms with Gasteiger partial charge in [0.05, 0.1) is 5.56 Å². The maximum atomic E-state index is 12.1. The molecule has 0 atom stereocenters. The van der Waals surface area contributed by atoms with Crippen molar-refractivity contribution in [3.8, 4) is 0 Å². The van der Waals surface area contributed by atoms with Crippen LogP contribution in [0.5, 0.6) is 0 Å². The summed E-state index contributed by atoms with van der Waals surface area (Å²) in [5.74, 6) is 0.0103. The Morgan fingerprint density at radius 3 is 2.68 bits per heavy atom. The molecule has 0 fully saturated rings. The van der Waals surface area contributed by atoms with Crippen LogP contribution in [-0.2, 0) is 0 Å². The van der Waals surface area contributed by atoms with Crippen LogP contribution in [0.4, 0.5) is 11.5 Å². The van der Waals surface area contributed by atoms with Gasteiger partial charge in [-0.25, -0.2) is 5.10 Å². The van der Waals surface area contributed by atoms with Crippen molar-refractivity contribution >= 4 is 17.4 Å². The number of nitrogens with one attached hydrogen (secondary N) is 3. The van der Waals surface area contributed by atoms with Crippen molar-refractivity contribution in [1.82, 2.24) is 10.2 Å². The second kappa shape index (κ2) is 5.34. The second-order valence-electron chi connectivity index (χ2n) is 4.06. The molecule has 0 radical (unpaired) electrons. The van der Waals surface area contributed by atoms with Gasteiger partial charge in [0.15, 0.2) is 5.82 Å². The van der Waals surface area contributed by atoms with Crippen molar-refractivity contribution in [2.24, 2.45) is 0 Å². The molecule has 0 bridgehead atoms. The summed E-state index contributed by atoms with van der Waals surface area (Å²) in [5, 5.41) is 11.6. The second-order valence-corrected chi connectivity index (χ2v) is 4.06. The minimum atomic E-state index is -0.316. The largest absolute Gasteiger partial charge is 0.387 e. The first kappa shape index (κ1) is 12.8. The Morgan fingerprint density at radius 1 is 1.26 bits per heavy atom. The number of aryl methyl sites for hydroxylation is 1. The van der Waals surface area contributed by atoms with Gasteiger partial charge in [-0.05, 0) is 30.7 Å². The number of benzene rings is 1. The third kappa shape index (κ3) is 2.98. The fraction of sp³-hybridized carbons (Fsp3) is 0.154. The van der Waals surface area contributed by atoms with E-state index in [0.29, 0.717) is 11.4 Å². The summed E-state index contributed by atoms with van der Waals surface area (Å²) in [7, 11) is 1.75. The lowest BCUT2D eigenvalue weighted by Gasteiger charge is -2.10. The summed E-state index contributed by atoms with van der Waals surface area (Å²) in [4.78, 5) is 23.0. The summed E-state index contributed by atoms with van der Waals surface area (Å²) < 4.78 is 0. The van der Waals surface area contributed by atoms with Crippen molar-refractivity contribution in [1.29, 1.82) is 0 Å². The van der Waals surface area contributed by atoms with E-state index < -0.39 is 0 Å². The average molecular weight is 258 g/mol. The Morgan fingerprint density at radius 2 is 2.05 bits per heavy atom. The quantitative estimate of drug-likeness (QED) is 0.776. The zero-order valence-corrected chi connectivity index (χ0v) is 10.7. The number of nitrogens with zero attached hydrogens (tertiary/aromatic N) is 1. The molecule has 19 heavy (non-hydrogen) atoms. The first-order valence-electron chi connectivity index (χ1n) is 5.75. The van der Waals surface area contributed by atoms with Crippen LogP contribution in [0.1, 0.15) is 15.9 Å². The van der Waals surface area contributed by atoms with Gasteiger partial charge in [0, 0.05) is 18.8 Å².